The van der Waals surface area contributed by atoms with Gasteiger partial charge in [-0.05, 0) is 12.1 Å². The molecule has 0 unspecified atom stereocenters. The highest BCUT2D eigenvalue weighted by Crippen LogP contribution is 2.24. The molecule has 1 amide bonds. The zero-order valence-electron chi connectivity index (χ0n) is 11.0. The van der Waals surface area contributed by atoms with Crippen LogP contribution in [0.15, 0.2) is 29.1 Å². The highest BCUT2D eigenvalue weighted by molar-refractivity contribution is 6.54. The number of hydrogen-bond acceptors (Lipinski definition) is 4. The van der Waals surface area contributed by atoms with Crippen LogP contribution in [0, 0.1) is 0 Å². The molecule has 1 aromatic heterocycles. The Morgan fingerprint density at radius 3 is 2.81 bits per heavy atom. The van der Waals surface area contributed by atoms with Crippen LogP contribution in [0.4, 0.5) is 5.69 Å². The molecule has 0 aliphatic heterocycles. The number of aromatic amines is 2. The Bertz CT molecular complexity index is 683. The summed E-state index contributed by atoms with van der Waals surface area (Å²) in [6.07, 6.45) is 0. The number of amides is 1. The summed E-state index contributed by atoms with van der Waals surface area (Å²) in [6.45, 7) is 0.0146. The van der Waals surface area contributed by atoms with Crippen molar-refractivity contribution in [3.05, 3.63) is 40.6 Å². The normalized spacial score (nSPS) is 10.7. The molecule has 2 rings (SSSR count). The van der Waals surface area contributed by atoms with E-state index in [1.54, 1.807) is 24.3 Å². The van der Waals surface area contributed by atoms with E-state index in [1.165, 1.54) is 12.0 Å². The van der Waals surface area contributed by atoms with Gasteiger partial charge in [-0.15, -0.1) is 0 Å². The van der Waals surface area contributed by atoms with Gasteiger partial charge >= 0.3 is 5.69 Å². The Kier molecular flexibility index (Phi) is 4.87. The summed E-state index contributed by atoms with van der Waals surface area (Å²) in [6, 6.07) is 6.81. The average molecular weight is 331 g/mol. The third kappa shape index (κ3) is 3.77. The summed E-state index contributed by atoms with van der Waals surface area (Å²) >= 11 is 11.3. The molecular weight excluding hydrogens is 319 g/mol. The third-order valence-electron chi connectivity index (χ3n) is 2.68. The van der Waals surface area contributed by atoms with Crippen LogP contribution in [0.3, 0.4) is 0 Å². The number of nitrogens with one attached hydrogen (secondary N) is 2. The number of carbonyl (C=O) groups is 1. The van der Waals surface area contributed by atoms with Gasteiger partial charge in [-0.2, -0.15) is 5.10 Å². The summed E-state index contributed by atoms with van der Waals surface area (Å²) < 4.78 is 5.12. The van der Waals surface area contributed by atoms with E-state index in [-0.39, 0.29) is 12.4 Å². The largest absolute Gasteiger partial charge is 0.497 e. The molecule has 21 heavy (non-hydrogen) atoms. The van der Waals surface area contributed by atoms with Crippen LogP contribution in [0.2, 0.25) is 0 Å². The maximum Gasteiger partial charge on any atom is 0.340 e. The van der Waals surface area contributed by atoms with Gasteiger partial charge in [0.05, 0.1) is 13.7 Å². The van der Waals surface area contributed by atoms with Gasteiger partial charge in [0.15, 0.2) is 10.7 Å². The van der Waals surface area contributed by atoms with E-state index >= 15 is 0 Å². The number of benzene rings is 1. The van der Waals surface area contributed by atoms with Crippen molar-refractivity contribution in [3.8, 4) is 5.75 Å². The van der Waals surface area contributed by atoms with Crippen LogP contribution >= 0.6 is 23.2 Å². The van der Waals surface area contributed by atoms with Crippen LogP contribution in [0.1, 0.15) is 5.82 Å². The third-order valence-corrected chi connectivity index (χ3v) is 3.05. The predicted octanol–water partition coefficient (Wildman–Crippen LogP) is 1.44. The minimum atomic E-state index is -1.23. The lowest BCUT2D eigenvalue weighted by atomic mass is 10.2. The second-order valence-corrected chi connectivity index (χ2v) is 5.15. The molecule has 9 heteroatoms. The lowest BCUT2D eigenvalue weighted by molar-refractivity contribution is -0.117. The molecule has 0 saturated heterocycles. The van der Waals surface area contributed by atoms with Crippen molar-refractivity contribution in [3.63, 3.8) is 0 Å². The number of anilines is 1. The minimum Gasteiger partial charge on any atom is -0.497 e. The summed E-state index contributed by atoms with van der Waals surface area (Å²) in [5.41, 5.74) is 0.0610. The summed E-state index contributed by atoms with van der Waals surface area (Å²) in [5, 5.41) is 5.99. The number of carbonyl (C=O) groups excluding carboxylic acids is 1. The molecule has 1 heterocycles. The van der Waals surface area contributed by atoms with Gasteiger partial charge in [0, 0.05) is 11.8 Å². The van der Waals surface area contributed by atoms with E-state index in [9.17, 15) is 9.59 Å². The lowest BCUT2D eigenvalue weighted by Gasteiger charge is -2.22. The van der Waals surface area contributed by atoms with Crippen LogP contribution in [-0.2, 0) is 11.3 Å². The SMILES string of the molecule is COc1cccc(N(Cc2n[nH]c(=O)[nH]2)C(=O)C(Cl)Cl)c1. The molecule has 2 aromatic rings. The fourth-order valence-electron chi connectivity index (χ4n) is 1.72. The molecule has 1 aromatic carbocycles. The second-order valence-electron chi connectivity index (χ2n) is 4.05. The van der Waals surface area contributed by atoms with E-state index in [0.717, 1.165) is 0 Å². The van der Waals surface area contributed by atoms with Crippen molar-refractivity contribution in [1.29, 1.82) is 0 Å². The Hall–Kier alpha value is -1.99. The first kappa shape index (κ1) is 15.4. The number of alkyl halides is 2. The van der Waals surface area contributed by atoms with Gasteiger partial charge < -0.3 is 9.64 Å². The summed E-state index contributed by atoms with van der Waals surface area (Å²) in [5.74, 6) is 0.321. The average Bonchev–Trinajstić information content (AvgIpc) is 2.89. The van der Waals surface area contributed by atoms with Crippen LogP contribution in [-0.4, -0.2) is 33.0 Å². The molecule has 0 spiro atoms. The summed E-state index contributed by atoms with van der Waals surface area (Å²) in [4.78, 5) is 25.7. The zero-order chi connectivity index (χ0) is 15.4. The molecule has 0 aliphatic carbocycles. The standard InChI is InChI=1S/C12H12Cl2N4O3/c1-21-8-4-2-3-7(5-8)18(11(19)10(13)14)6-9-15-12(20)17-16-9/h2-5,10H,6H2,1H3,(H2,15,16,17,20). The Morgan fingerprint density at radius 2 is 2.24 bits per heavy atom. The van der Waals surface area contributed by atoms with Gasteiger partial charge in [-0.1, -0.05) is 29.3 Å². The van der Waals surface area contributed by atoms with Gasteiger partial charge in [-0.25, -0.2) is 9.89 Å². The topological polar surface area (TPSA) is 91.1 Å². The van der Waals surface area contributed by atoms with Crippen LogP contribution in [0.5, 0.6) is 5.75 Å². The van der Waals surface area contributed by atoms with Gasteiger partial charge in [-0.3, -0.25) is 9.78 Å². The predicted molar refractivity (Wildman–Crippen MR) is 78.9 cm³/mol. The van der Waals surface area contributed by atoms with E-state index in [1.807, 2.05) is 0 Å². The van der Waals surface area contributed by atoms with Crippen molar-refractivity contribution < 1.29 is 9.53 Å². The number of hydrogen-bond donors (Lipinski definition) is 2. The molecule has 112 valence electrons. The van der Waals surface area contributed by atoms with Crippen molar-refractivity contribution in [2.45, 2.75) is 11.4 Å². The van der Waals surface area contributed by atoms with Crippen molar-refractivity contribution in [2.24, 2.45) is 0 Å². The number of rotatable bonds is 5. The van der Waals surface area contributed by atoms with E-state index in [0.29, 0.717) is 11.4 Å². The highest BCUT2D eigenvalue weighted by atomic mass is 35.5. The van der Waals surface area contributed by atoms with E-state index in [4.69, 9.17) is 27.9 Å². The summed E-state index contributed by atoms with van der Waals surface area (Å²) in [7, 11) is 1.52. The molecule has 0 atom stereocenters. The smallest absolute Gasteiger partial charge is 0.340 e. The van der Waals surface area contributed by atoms with Crippen LogP contribution in [0.25, 0.3) is 0 Å². The fraction of sp³-hybridized carbons (Fsp3) is 0.250. The Labute approximate surface area is 129 Å². The van der Waals surface area contributed by atoms with Gasteiger partial charge in [0.1, 0.15) is 5.75 Å². The molecule has 0 aliphatic rings. The van der Waals surface area contributed by atoms with Crippen LogP contribution < -0.4 is 15.3 Å². The first-order chi connectivity index (χ1) is 10.0. The molecule has 0 radical (unpaired) electrons. The fourth-order valence-corrected chi connectivity index (χ4v) is 1.96. The number of aromatic nitrogens is 3. The van der Waals surface area contributed by atoms with E-state index < -0.39 is 16.4 Å². The minimum absolute atomic E-state index is 0.0146. The number of methoxy groups -OCH3 is 1. The maximum absolute atomic E-state index is 12.1. The van der Waals surface area contributed by atoms with Gasteiger partial charge in [0.25, 0.3) is 5.91 Å². The number of H-pyrrole nitrogens is 2. The lowest BCUT2D eigenvalue weighted by Crippen LogP contribution is -2.35. The quantitative estimate of drug-likeness (QED) is 0.811. The highest BCUT2D eigenvalue weighted by Gasteiger charge is 2.23. The van der Waals surface area contributed by atoms with Crippen molar-refractivity contribution in [2.75, 3.05) is 12.0 Å². The molecule has 0 bridgehead atoms. The van der Waals surface area contributed by atoms with E-state index in [2.05, 4.69) is 15.2 Å². The molecule has 0 fully saturated rings. The monoisotopic (exact) mass is 330 g/mol. The van der Waals surface area contributed by atoms with Crippen molar-refractivity contribution >= 4 is 34.8 Å². The van der Waals surface area contributed by atoms with Gasteiger partial charge in [0.2, 0.25) is 0 Å². The number of halogens is 2. The molecule has 7 nitrogen and oxygen atoms in total. The molecular formula is C12H12Cl2N4O3. The first-order valence-electron chi connectivity index (χ1n) is 5.88. The van der Waals surface area contributed by atoms with Crippen molar-refractivity contribution in [1.82, 2.24) is 15.2 Å². The number of ether oxygens (including phenoxy) is 1. The maximum atomic E-state index is 12.1. The first-order valence-corrected chi connectivity index (χ1v) is 6.75. The number of nitrogens with zero attached hydrogens (tertiary/aromatic N) is 2. The zero-order valence-corrected chi connectivity index (χ0v) is 12.5. The Balaban J connectivity index is 2.35. The second kappa shape index (κ2) is 6.64. The Morgan fingerprint density at radius 1 is 1.48 bits per heavy atom. The molecule has 0 saturated carbocycles. The molecule has 2 N–H and O–H groups in total.